The minimum atomic E-state index is -0.138. The molecule has 1 N–H and O–H groups in total. The Morgan fingerprint density at radius 3 is 1.85 bits per heavy atom. The molecule has 2 saturated carbocycles. The van der Waals surface area contributed by atoms with Crippen LogP contribution in [0.1, 0.15) is 83.5 Å². The van der Waals surface area contributed by atoms with E-state index in [-0.39, 0.29) is 12.8 Å². The summed E-state index contributed by atoms with van der Waals surface area (Å²) in [5.74, 6) is 2.81. The number of alkyl halides is 1. The molecule has 0 radical (unpaired) electrons. The zero-order valence-corrected chi connectivity index (χ0v) is 13.0. The van der Waals surface area contributed by atoms with Crippen LogP contribution in [0, 0.1) is 17.8 Å². The van der Waals surface area contributed by atoms with Gasteiger partial charge in [-0.3, -0.25) is 4.39 Å². The van der Waals surface area contributed by atoms with Crippen molar-refractivity contribution in [1.82, 2.24) is 0 Å². The van der Waals surface area contributed by atoms with Gasteiger partial charge in [-0.15, -0.1) is 0 Å². The van der Waals surface area contributed by atoms with Crippen LogP contribution in [-0.4, -0.2) is 17.9 Å². The van der Waals surface area contributed by atoms with Crippen molar-refractivity contribution in [3.05, 3.63) is 0 Å². The second-order valence-corrected chi connectivity index (χ2v) is 7.24. The Kier molecular flexibility index (Phi) is 7.33. The van der Waals surface area contributed by atoms with Gasteiger partial charge >= 0.3 is 0 Å². The number of hydrogen-bond donors (Lipinski definition) is 1. The van der Waals surface area contributed by atoms with Crippen molar-refractivity contribution < 1.29 is 9.50 Å². The molecule has 118 valence electrons. The van der Waals surface area contributed by atoms with Crippen molar-refractivity contribution >= 4 is 0 Å². The predicted octanol–water partition coefficient (Wildman–Crippen LogP) is 5.26. The summed E-state index contributed by atoms with van der Waals surface area (Å²) in [6.45, 7) is -0.138. The molecule has 2 heteroatoms. The Morgan fingerprint density at radius 1 is 0.700 bits per heavy atom. The van der Waals surface area contributed by atoms with E-state index >= 15 is 0 Å². The van der Waals surface area contributed by atoms with Crippen LogP contribution >= 0.6 is 0 Å². The highest BCUT2D eigenvalue weighted by molar-refractivity contribution is 4.81. The lowest BCUT2D eigenvalue weighted by atomic mass is 9.70. The van der Waals surface area contributed by atoms with Crippen molar-refractivity contribution in [2.75, 3.05) is 6.67 Å². The molecule has 2 rings (SSSR count). The van der Waals surface area contributed by atoms with Crippen LogP contribution in [0.4, 0.5) is 4.39 Å². The zero-order valence-electron chi connectivity index (χ0n) is 13.0. The Balaban J connectivity index is 1.55. The van der Waals surface area contributed by atoms with E-state index in [0.717, 1.165) is 43.4 Å². The highest BCUT2D eigenvalue weighted by atomic mass is 19.1. The number of halogens is 1. The SMILES string of the molecule is OC1CCC(C2CCC(CCCCCCF)CC2)CC1. The average molecular weight is 284 g/mol. The third-order valence-electron chi connectivity index (χ3n) is 5.80. The van der Waals surface area contributed by atoms with Crippen molar-refractivity contribution in [1.29, 1.82) is 0 Å². The molecule has 0 aromatic heterocycles. The van der Waals surface area contributed by atoms with E-state index in [1.54, 1.807) is 0 Å². The van der Waals surface area contributed by atoms with Gasteiger partial charge in [-0.1, -0.05) is 38.5 Å². The second kappa shape index (κ2) is 9.02. The van der Waals surface area contributed by atoms with E-state index in [1.807, 2.05) is 0 Å². The molecule has 0 heterocycles. The quantitative estimate of drug-likeness (QED) is 0.632. The maximum absolute atomic E-state index is 12.0. The maximum Gasteiger partial charge on any atom is 0.0894 e. The molecule has 0 unspecified atom stereocenters. The molecular weight excluding hydrogens is 251 g/mol. The van der Waals surface area contributed by atoms with Gasteiger partial charge in [0.2, 0.25) is 0 Å². The van der Waals surface area contributed by atoms with Gasteiger partial charge in [0.05, 0.1) is 12.8 Å². The average Bonchev–Trinajstić information content (AvgIpc) is 2.49. The first-order valence-electron chi connectivity index (χ1n) is 9.03. The largest absolute Gasteiger partial charge is 0.393 e. The molecular formula is C18H33FO. The summed E-state index contributed by atoms with van der Waals surface area (Å²) in [5, 5.41) is 9.60. The monoisotopic (exact) mass is 284 g/mol. The summed E-state index contributed by atoms with van der Waals surface area (Å²) in [6.07, 6.45) is 16.1. The summed E-state index contributed by atoms with van der Waals surface area (Å²) in [7, 11) is 0. The second-order valence-electron chi connectivity index (χ2n) is 7.24. The van der Waals surface area contributed by atoms with Gasteiger partial charge in [-0.25, -0.2) is 0 Å². The van der Waals surface area contributed by atoms with Crippen LogP contribution in [0.15, 0.2) is 0 Å². The van der Waals surface area contributed by atoms with E-state index in [1.165, 1.54) is 57.8 Å². The fourth-order valence-corrected chi connectivity index (χ4v) is 4.40. The number of rotatable bonds is 7. The van der Waals surface area contributed by atoms with Crippen molar-refractivity contribution in [2.24, 2.45) is 17.8 Å². The normalized spacial score (nSPS) is 35.1. The Labute approximate surface area is 124 Å². The standard InChI is InChI=1S/C18H33FO/c19-14-4-2-1-3-5-15-6-8-16(9-7-15)17-10-12-18(20)13-11-17/h15-18,20H,1-14H2. The van der Waals surface area contributed by atoms with Crippen molar-refractivity contribution in [3.63, 3.8) is 0 Å². The van der Waals surface area contributed by atoms with Crippen LogP contribution in [-0.2, 0) is 0 Å². The molecule has 2 fully saturated rings. The van der Waals surface area contributed by atoms with E-state index in [4.69, 9.17) is 0 Å². The lowest BCUT2D eigenvalue weighted by Gasteiger charge is -2.37. The van der Waals surface area contributed by atoms with Gasteiger partial charge in [0.25, 0.3) is 0 Å². The molecule has 0 amide bonds. The lowest BCUT2D eigenvalue weighted by molar-refractivity contribution is 0.0763. The number of aliphatic hydroxyl groups is 1. The number of unbranched alkanes of at least 4 members (excludes halogenated alkanes) is 3. The Morgan fingerprint density at radius 2 is 1.25 bits per heavy atom. The third-order valence-corrected chi connectivity index (χ3v) is 5.80. The van der Waals surface area contributed by atoms with Gasteiger partial charge in [0.15, 0.2) is 0 Å². The van der Waals surface area contributed by atoms with Crippen LogP contribution in [0.5, 0.6) is 0 Å². The molecule has 2 aliphatic rings. The Bertz CT molecular complexity index is 240. The van der Waals surface area contributed by atoms with E-state index in [0.29, 0.717) is 0 Å². The third kappa shape index (κ3) is 5.35. The van der Waals surface area contributed by atoms with Gasteiger partial charge in [0, 0.05) is 0 Å². The summed E-state index contributed by atoms with van der Waals surface area (Å²) in [4.78, 5) is 0. The molecule has 0 saturated heterocycles. The number of aliphatic hydroxyl groups excluding tert-OH is 1. The van der Waals surface area contributed by atoms with E-state index in [9.17, 15) is 9.50 Å². The molecule has 2 aliphatic carbocycles. The van der Waals surface area contributed by atoms with Crippen LogP contribution < -0.4 is 0 Å². The molecule has 1 nitrogen and oxygen atoms in total. The minimum absolute atomic E-state index is 0.00749. The summed E-state index contributed by atoms with van der Waals surface area (Å²) < 4.78 is 12.0. The van der Waals surface area contributed by atoms with E-state index in [2.05, 4.69) is 0 Å². The molecule has 0 aliphatic heterocycles. The molecule has 0 aromatic carbocycles. The molecule has 0 atom stereocenters. The minimum Gasteiger partial charge on any atom is -0.393 e. The highest BCUT2D eigenvalue weighted by Gasteiger charge is 2.30. The van der Waals surface area contributed by atoms with Crippen LogP contribution in [0.3, 0.4) is 0 Å². The van der Waals surface area contributed by atoms with Crippen LogP contribution in [0.25, 0.3) is 0 Å². The summed E-state index contributed by atoms with van der Waals surface area (Å²) >= 11 is 0. The maximum atomic E-state index is 12.0. The highest BCUT2D eigenvalue weighted by Crippen LogP contribution is 2.41. The number of hydrogen-bond acceptors (Lipinski definition) is 1. The van der Waals surface area contributed by atoms with Crippen molar-refractivity contribution in [2.45, 2.75) is 89.6 Å². The van der Waals surface area contributed by atoms with E-state index < -0.39 is 0 Å². The Hall–Kier alpha value is -0.110. The summed E-state index contributed by atoms with van der Waals surface area (Å²) in [6, 6.07) is 0. The predicted molar refractivity (Wildman–Crippen MR) is 82.5 cm³/mol. The molecule has 0 spiro atoms. The van der Waals surface area contributed by atoms with Crippen LogP contribution in [0.2, 0.25) is 0 Å². The van der Waals surface area contributed by atoms with Gasteiger partial charge in [0.1, 0.15) is 0 Å². The fourth-order valence-electron chi connectivity index (χ4n) is 4.40. The first kappa shape index (κ1) is 16.3. The smallest absolute Gasteiger partial charge is 0.0894 e. The summed E-state index contributed by atoms with van der Waals surface area (Å²) in [5.41, 5.74) is 0. The first-order chi connectivity index (χ1) is 9.79. The van der Waals surface area contributed by atoms with Gasteiger partial charge in [-0.2, -0.15) is 0 Å². The fraction of sp³-hybridized carbons (Fsp3) is 1.00. The topological polar surface area (TPSA) is 20.2 Å². The van der Waals surface area contributed by atoms with Gasteiger partial charge < -0.3 is 5.11 Å². The zero-order chi connectivity index (χ0) is 14.2. The van der Waals surface area contributed by atoms with Crippen molar-refractivity contribution in [3.8, 4) is 0 Å². The molecule has 20 heavy (non-hydrogen) atoms. The molecule has 0 aromatic rings. The lowest BCUT2D eigenvalue weighted by Crippen LogP contribution is -2.27. The molecule has 0 bridgehead atoms. The first-order valence-corrected chi connectivity index (χ1v) is 9.03. The van der Waals surface area contributed by atoms with Gasteiger partial charge in [-0.05, 0) is 62.7 Å².